The van der Waals surface area contributed by atoms with Gasteiger partial charge in [0, 0.05) is 32.5 Å². The van der Waals surface area contributed by atoms with Crippen LogP contribution < -0.4 is 5.32 Å². The van der Waals surface area contributed by atoms with Crippen LogP contribution in [-0.4, -0.2) is 16.7 Å². The number of rotatable bonds is 9. The maximum Gasteiger partial charge on any atom is 0.223 e. The van der Waals surface area contributed by atoms with Gasteiger partial charge in [-0.25, -0.2) is 0 Å². The number of nitrogens with one attached hydrogen (secondary N) is 1. The Morgan fingerprint density at radius 2 is 1.07 bits per heavy atom. The van der Waals surface area contributed by atoms with Crippen molar-refractivity contribution >= 4 is 11.8 Å². The Balaban J connectivity index is 1.56. The highest BCUT2D eigenvalue weighted by atomic mass is 16.2. The molecule has 0 radical (unpaired) electrons. The Kier molecular flexibility index (Phi) is 7.58. The molecule has 0 heterocycles. The van der Waals surface area contributed by atoms with E-state index in [2.05, 4.69) is 5.32 Å². The van der Waals surface area contributed by atoms with Gasteiger partial charge < -0.3 is 10.2 Å². The van der Waals surface area contributed by atoms with Gasteiger partial charge in [0.15, 0.2) is 0 Å². The van der Waals surface area contributed by atoms with Crippen LogP contribution in [0.5, 0.6) is 0 Å². The first-order valence-electron chi connectivity index (χ1n) is 9.87. The van der Waals surface area contributed by atoms with Gasteiger partial charge in [0.2, 0.25) is 11.8 Å². The van der Waals surface area contributed by atoms with Crippen molar-refractivity contribution in [3.05, 3.63) is 108 Å². The number of benzene rings is 3. The molecule has 3 rings (SSSR count). The summed E-state index contributed by atoms with van der Waals surface area (Å²) in [6, 6.07) is 29.6. The summed E-state index contributed by atoms with van der Waals surface area (Å²) >= 11 is 0. The average Bonchev–Trinajstić information content (AvgIpc) is 2.78. The molecule has 0 atom stereocenters. The number of carbonyl (C=O) groups excluding carboxylic acids is 2. The van der Waals surface area contributed by atoms with Gasteiger partial charge in [-0.3, -0.25) is 9.59 Å². The van der Waals surface area contributed by atoms with Crippen molar-refractivity contribution < 1.29 is 9.59 Å². The fourth-order valence-corrected chi connectivity index (χ4v) is 3.10. The minimum Gasteiger partial charge on any atom is -0.352 e. The summed E-state index contributed by atoms with van der Waals surface area (Å²) in [5.74, 6) is -0.130. The van der Waals surface area contributed by atoms with Gasteiger partial charge in [-0.15, -0.1) is 0 Å². The lowest BCUT2D eigenvalue weighted by Gasteiger charge is -2.23. The molecule has 0 spiro atoms. The second-order valence-corrected chi connectivity index (χ2v) is 6.98. The van der Waals surface area contributed by atoms with E-state index in [1.165, 1.54) is 0 Å². The summed E-state index contributed by atoms with van der Waals surface area (Å²) in [5.41, 5.74) is 3.19. The topological polar surface area (TPSA) is 49.4 Å². The van der Waals surface area contributed by atoms with Crippen molar-refractivity contribution in [1.29, 1.82) is 0 Å². The van der Waals surface area contributed by atoms with E-state index >= 15 is 0 Å². The molecule has 0 aliphatic heterocycles. The summed E-state index contributed by atoms with van der Waals surface area (Å²) in [5, 5.41) is 2.88. The fraction of sp³-hybridized carbons (Fsp3) is 0.200. The van der Waals surface area contributed by atoms with Crippen LogP contribution in [0.25, 0.3) is 0 Å². The number of hydrogen-bond donors (Lipinski definition) is 1. The predicted octanol–water partition coefficient (Wildman–Crippen LogP) is 4.31. The van der Waals surface area contributed by atoms with Crippen LogP contribution in [0.1, 0.15) is 29.5 Å². The smallest absolute Gasteiger partial charge is 0.223 e. The number of carbonyl (C=O) groups is 2. The van der Waals surface area contributed by atoms with Gasteiger partial charge in [-0.2, -0.15) is 0 Å². The van der Waals surface area contributed by atoms with E-state index in [1.807, 2.05) is 95.9 Å². The van der Waals surface area contributed by atoms with E-state index in [1.54, 1.807) is 0 Å². The molecule has 0 aromatic heterocycles. The first-order chi connectivity index (χ1) is 14.2. The molecule has 4 heteroatoms. The fourth-order valence-electron chi connectivity index (χ4n) is 3.10. The van der Waals surface area contributed by atoms with E-state index < -0.39 is 0 Å². The minimum atomic E-state index is -0.110. The molecule has 4 nitrogen and oxygen atoms in total. The van der Waals surface area contributed by atoms with Crippen LogP contribution in [0.3, 0.4) is 0 Å². The molecule has 0 aliphatic rings. The first kappa shape index (κ1) is 20.3. The lowest BCUT2D eigenvalue weighted by Crippen LogP contribution is -2.31. The molecule has 148 valence electrons. The number of amides is 2. The number of nitrogens with zero attached hydrogens (tertiary/aromatic N) is 1. The second-order valence-electron chi connectivity index (χ2n) is 6.98. The van der Waals surface area contributed by atoms with Gasteiger partial charge in [0.05, 0.1) is 0 Å². The van der Waals surface area contributed by atoms with E-state index in [4.69, 9.17) is 0 Å². The zero-order valence-electron chi connectivity index (χ0n) is 16.5. The molecule has 0 unspecified atom stereocenters. The molecule has 3 aromatic carbocycles. The largest absolute Gasteiger partial charge is 0.352 e. The second kappa shape index (κ2) is 10.8. The standard InChI is InChI=1S/C25H26N2O2/c28-24(26-18-21-10-4-1-5-11-21)16-17-25(29)27(19-22-12-6-2-7-13-22)20-23-14-8-3-9-15-23/h1-15H,16-20H2,(H,26,28). The third-order valence-corrected chi connectivity index (χ3v) is 4.68. The number of hydrogen-bond acceptors (Lipinski definition) is 2. The van der Waals surface area contributed by atoms with Crippen LogP contribution in [-0.2, 0) is 29.2 Å². The molecule has 29 heavy (non-hydrogen) atoms. The van der Waals surface area contributed by atoms with E-state index in [0.717, 1.165) is 16.7 Å². The van der Waals surface area contributed by atoms with Gasteiger partial charge in [0.25, 0.3) is 0 Å². The monoisotopic (exact) mass is 386 g/mol. The Labute approximate surface area is 172 Å². The van der Waals surface area contributed by atoms with Crippen molar-refractivity contribution in [2.24, 2.45) is 0 Å². The van der Waals surface area contributed by atoms with E-state index in [-0.39, 0.29) is 24.7 Å². The maximum absolute atomic E-state index is 12.9. The summed E-state index contributed by atoms with van der Waals surface area (Å²) in [6.45, 7) is 1.53. The Morgan fingerprint density at radius 3 is 1.55 bits per heavy atom. The van der Waals surface area contributed by atoms with Crippen molar-refractivity contribution in [3.8, 4) is 0 Å². The van der Waals surface area contributed by atoms with Gasteiger partial charge >= 0.3 is 0 Å². The molecular formula is C25H26N2O2. The van der Waals surface area contributed by atoms with Crippen LogP contribution in [0, 0.1) is 0 Å². The SMILES string of the molecule is O=C(CCC(=O)N(Cc1ccccc1)Cc1ccccc1)NCc1ccccc1. The Morgan fingerprint density at radius 1 is 0.621 bits per heavy atom. The third-order valence-electron chi connectivity index (χ3n) is 4.68. The highest BCUT2D eigenvalue weighted by Gasteiger charge is 2.16. The Bertz CT molecular complexity index is 854. The van der Waals surface area contributed by atoms with E-state index in [0.29, 0.717) is 19.6 Å². The van der Waals surface area contributed by atoms with Crippen molar-refractivity contribution in [3.63, 3.8) is 0 Å². The zero-order chi connectivity index (χ0) is 20.3. The molecular weight excluding hydrogens is 360 g/mol. The average molecular weight is 386 g/mol. The molecule has 0 fully saturated rings. The molecule has 1 N–H and O–H groups in total. The normalized spacial score (nSPS) is 10.3. The van der Waals surface area contributed by atoms with Gasteiger partial charge in [-0.05, 0) is 16.7 Å². The lowest BCUT2D eigenvalue weighted by atomic mass is 10.1. The van der Waals surface area contributed by atoms with Gasteiger partial charge in [0.1, 0.15) is 0 Å². The summed E-state index contributed by atoms with van der Waals surface area (Å²) in [4.78, 5) is 26.9. The molecule has 2 amide bonds. The van der Waals surface area contributed by atoms with Crippen LogP contribution in [0.15, 0.2) is 91.0 Å². The van der Waals surface area contributed by atoms with Crippen LogP contribution >= 0.6 is 0 Å². The molecule has 0 bridgehead atoms. The zero-order valence-corrected chi connectivity index (χ0v) is 16.5. The van der Waals surface area contributed by atoms with Crippen molar-refractivity contribution in [2.75, 3.05) is 0 Å². The van der Waals surface area contributed by atoms with Crippen LogP contribution in [0.2, 0.25) is 0 Å². The molecule has 0 saturated heterocycles. The molecule has 0 saturated carbocycles. The van der Waals surface area contributed by atoms with Crippen molar-refractivity contribution in [2.45, 2.75) is 32.5 Å². The highest BCUT2D eigenvalue weighted by Crippen LogP contribution is 2.12. The van der Waals surface area contributed by atoms with E-state index in [9.17, 15) is 9.59 Å². The lowest BCUT2D eigenvalue weighted by molar-refractivity contribution is -0.134. The third kappa shape index (κ3) is 6.92. The summed E-state index contributed by atoms with van der Waals surface area (Å²) in [7, 11) is 0. The van der Waals surface area contributed by atoms with Gasteiger partial charge in [-0.1, -0.05) is 91.0 Å². The maximum atomic E-state index is 12.9. The molecule has 0 aliphatic carbocycles. The summed E-state index contributed by atoms with van der Waals surface area (Å²) in [6.07, 6.45) is 0.381. The minimum absolute atomic E-state index is 0.0208. The van der Waals surface area contributed by atoms with Crippen LogP contribution in [0.4, 0.5) is 0 Å². The highest BCUT2D eigenvalue weighted by molar-refractivity contribution is 5.83. The predicted molar refractivity (Wildman–Crippen MR) is 115 cm³/mol. The first-order valence-corrected chi connectivity index (χ1v) is 9.87. The molecule has 3 aromatic rings. The summed E-state index contributed by atoms with van der Waals surface area (Å²) < 4.78 is 0. The quantitative estimate of drug-likeness (QED) is 0.596. The van der Waals surface area contributed by atoms with Crippen molar-refractivity contribution in [1.82, 2.24) is 10.2 Å². The Hall–Kier alpha value is -3.40.